The molecule has 0 spiro atoms. The number of nitrogens with zero attached hydrogens (tertiary/aromatic N) is 1. The Balaban J connectivity index is 1.76. The van der Waals surface area contributed by atoms with E-state index in [0.29, 0.717) is 18.6 Å². The van der Waals surface area contributed by atoms with Gasteiger partial charge in [0.2, 0.25) is 10.0 Å². The van der Waals surface area contributed by atoms with Crippen molar-refractivity contribution in [2.45, 2.75) is 76.8 Å². The summed E-state index contributed by atoms with van der Waals surface area (Å²) in [5.74, 6) is 0.666. The molecule has 1 saturated carbocycles. The maximum Gasteiger partial charge on any atom is 0.216 e. The molecule has 1 aromatic rings. The van der Waals surface area contributed by atoms with Crippen LogP contribution in [0.1, 0.15) is 63.5 Å². The van der Waals surface area contributed by atoms with Crippen LogP contribution in [0, 0.1) is 0 Å². The third kappa shape index (κ3) is 9.45. The molecule has 0 amide bonds. The van der Waals surface area contributed by atoms with Gasteiger partial charge in [0.15, 0.2) is 5.96 Å². The average molecular weight is 439 g/mol. The topological polar surface area (TPSA) is 91.8 Å². The monoisotopic (exact) mass is 438 g/mol. The maximum atomic E-state index is 12.3. The minimum Gasteiger partial charge on any atom is -0.378 e. The van der Waals surface area contributed by atoms with Crippen LogP contribution in [0.4, 0.5) is 0 Å². The van der Waals surface area contributed by atoms with E-state index in [0.717, 1.165) is 30.7 Å². The molecule has 0 saturated heterocycles. The van der Waals surface area contributed by atoms with Gasteiger partial charge < -0.3 is 15.4 Å². The van der Waals surface area contributed by atoms with Crippen LogP contribution in [0.5, 0.6) is 0 Å². The smallest absolute Gasteiger partial charge is 0.216 e. The first-order valence-electron chi connectivity index (χ1n) is 11.0. The highest BCUT2D eigenvalue weighted by atomic mass is 32.2. The second-order valence-electron chi connectivity index (χ2n) is 8.14. The van der Waals surface area contributed by atoms with Crippen molar-refractivity contribution in [3.8, 4) is 0 Å². The fourth-order valence-electron chi connectivity index (χ4n) is 3.64. The van der Waals surface area contributed by atoms with Crippen molar-refractivity contribution >= 4 is 16.0 Å². The van der Waals surface area contributed by atoms with Crippen LogP contribution >= 0.6 is 0 Å². The fourth-order valence-corrected chi connectivity index (χ4v) is 5.13. The van der Waals surface area contributed by atoms with Gasteiger partial charge in [-0.2, -0.15) is 0 Å². The van der Waals surface area contributed by atoms with Crippen molar-refractivity contribution in [3.63, 3.8) is 0 Å². The van der Waals surface area contributed by atoms with Crippen molar-refractivity contribution in [1.82, 2.24) is 15.4 Å². The first kappa shape index (κ1) is 24.6. The van der Waals surface area contributed by atoms with E-state index in [1.807, 2.05) is 38.1 Å². The molecule has 30 heavy (non-hydrogen) atoms. The molecule has 0 unspecified atom stereocenters. The average Bonchev–Trinajstić information content (AvgIpc) is 2.70. The molecule has 1 aliphatic rings. The SMILES string of the molecule is CN=C(NCCCOC1CCCCC1)NCc1ccccc1CS(=O)(=O)NC(C)C. The molecule has 1 fully saturated rings. The molecule has 0 bridgehead atoms. The van der Waals surface area contributed by atoms with Crippen molar-refractivity contribution in [1.29, 1.82) is 0 Å². The highest BCUT2D eigenvalue weighted by Gasteiger charge is 2.15. The number of guanidine groups is 1. The molecule has 0 heterocycles. The molecule has 2 rings (SSSR count). The summed E-state index contributed by atoms with van der Waals surface area (Å²) in [5.41, 5.74) is 1.73. The summed E-state index contributed by atoms with van der Waals surface area (Å²) >= 11 is 0. The number of hydrogen-bond donors (Lipinski definition) is 3. The lowest BCUT2D eigenvalue weighted by molar-refractivity contribution is 0.0277. The zero-order valence-corrected chi connectivity index (χ0v) is 19.4. The number of sulfonamides is 1. The van der Waals surface area contributed by atoms with E-state index in [-0.39, 0.29) is 11.8 Å². The van der Waals surface area contributed by atoms with E-state index < -0.39 is 10.0 Å². The van der Waals surface area contributed by atoms with Crippen LogP contribution < -0.4 is 15.4 Å². The summed E-state index contributed by atoms with van der Waals surface area (Å²) in [4.78, 5) is 4.26. The number of benzene rings is 1. The Morgan fingerprint density at radius 2 is 1.83 bits per heavy atom. The highest BCUT2D eigenvalue weighted by molar-refractivity contribution is 7.88. The van der Waals surface area contributed by atoms with Gasteiger partial charge in [-0.3, -0.25) is 4.99 Å². The molecule has 1 aliphatic carbocycles. The van der Waals surface area contributed by atoms with Gasteiger partial charge in [-0.15, -0.1) is 0 Å². The van der Waals surface area contributed by atoms with Gasteiger partial charge in [-0.25, -0.2) is 13.1 Å². The standard InChI is InChI=1S/C22H38N4O3S/c1-18(2)26-30(27,28)17-20-11-8-7-10-19(20)16-25-22(23-3)24-14-9-15-29-21-12-5-4-6-13-21/h7-8,10-11,18,21,26H,4-6,9,12-17H2,1-3H3,(H2,23,24,25). The molecule has 0 aliphatic heterocycles. The maximum absolute atomic E-state index is 12.3. The Kier molecular flexibility index (Phi) is 10.6. The molecule has 0 atom stereocenters. The van der Waals surface area contributed by atoms with E-state index in [4.69, 9.17) is 4.74 Å². The van der Waals surface area contributed by atoms with Crippen LogP contribution in [-0.2, 0) is 27.1 Å². The number of hydrogen-bond acceptors (Lipinski definition) is 4. The van der Waals surface area contributed by atoms with E-state index in [1.165, 1.54) is 32.1 Å². The van der Waals surface area contributed by atoms with Gasteiger partial charge in [0.25, 0.3) is 0 Å². The quantitative estimate of drug-likeness (QED) is 0.281. The van der Waals surface area contributed by atoms with Crippen molar-refractivity contribution < 1.29 is 13.2 Å². The van der Waals surface area contributed by atoms with Crippen molar-refractivity contribution in [3.05, 3.63) is 35.4 Å². The van der Waals surface area contributed by atoms with Crippen LogP contribution in [0.25, 0.3) is 0 Å². The molecule has 3 N–H and O–H groups in total. The molecule has 0 radical (unpaired) electrons. The third-order valence-electron chi connectivity index (χ3n) is 5.07. The highest BCUT2D eigenvalue weighted by Crippen LogP contribution is 2.20. The summed E-state index contributed by atoms with van der Waals surface area (Å²) in [7, 11) is -1.64. The summed E-state index contributed by atoms with van der Waals surface area (Å²) in [6.07, 6.45) is 7.66. The minimum absolute atomic E-state index is 0.0342. The fraction of sp³-hybridized carbons (Fsp3) is 0.682. The molecule has 1 aromatic carbocycles. The normalized spacial score (nSPS) is 16.1. The molecule has 8 heteroatoms. The first-order valence-corrected chi connectivity index (χ1v) is 12.7. The Morgan fingerprint density at radius 3 is 2.50 bits per heavy atom. The second kappa shape index (κ2) is 12.9. The molecular formula is C22H38N4O3S. The predicted octanol–water partition coefficient (Wildman–Crippen LogP) is 2.92. The van der Waals surface area contributed by atoms with E-state index in [9.17, 15) is 8.42 Å². The van der Waals surface area contributed by atoms with Gasteiger partial charge in [-0.1, -0.05) is 43.5 Å². The van der Waals surface area contributed by atoms with Crippen LogP contribution in [-0.4, -0.2) is 46.7 Å². The van der Waals surface area contributed by atoms with Crippen LogP contribution in [0.15, 0.2) is 29.3 Å². The van der Waals surface area contributed by atoms with Gasteiger partial charge in [0.05, 0.1) is 11.9 Å². The second-order valence-corrected chi connectivity index (χ2v) is 9.89. The lowest BCUT2D eigenvalue weighted by Gasteiger charge is -2.22. The summed E-state index contributed by atoms with van der Waals surface area (Å²) in [5, 5.41) is 6.58. The van der Waals surface area contributed by atoms with Crippen LogP contribution in [0.3, 0.4) is 0 Å². The minimum atomic E-state index is -3.37. The van der Waals surface area contributed by atoms with E-state index in [2.05, 4.69) is 20.3 Å². The molecular weight excluding hydrogens is 400 g/mol. The summed E-state index contributed by atoms with van der Waals surface area (Å²) < 4.78 is 33.2. The van der Waals surface area contributed by atoms with Gasteiger partial charge >= 0.3 is 0 Å². The lowest BCUT2D eigenvalue weighted by atomic mass is 9.98. The third-order valence-corrected chi connectivity index (χ3v) is 6.59. The van der Waals surface area contributed by atoms with Crippen molar-refractivity contribution in [2.24, 2.45) is 4.99 Å². The Morgan fingerprint density at radius 1 is 1.13 bits per heavy atom. The molecule has 170 valence electrons. The zero-order chi connectivity index (χ0) is 21.8. The summed E-state index contributed by atoms with van der Waals surface area (Å²) in [6.45, 7) is 5.69. The lowest BCUT2D eigenvalue weighted by Crippen LogP contribution is -2.38. The summed E-state index contributed by atoms with van der Waals surface area (Å²) in [6, 6.07) is 7.46. The predicted molar refractivity (Wildman–Crippen MR) is 123 cm³/mol. The van der Waals surface area contributed by atoms with Gasteiger partial charge in [0.1, 0.15) is 0 Å². The molecule has 7 nitrogen and oxygen atoms in total. The Hall–Kier alpha value is -1.64. The zero-order valence-electron chi connectivity index (χ0n) is 18.6. The van der Waals surface area contributed by atoms with Gasteiger partial charge in [0, 0.05) is 32.8 Å². The van der Waals surface area contributed by atoms with E-state index >= 15 is 0 Å². The first-order chi connectivity index (χ1) is 14.4. The van der Waals surface area contributed by atoms with Crippen LogP contribution in [0.2, 0.25) is 0 Å². The number of nitrogens with one attached hydrogen (secondary N) is 3. The number of ether oxygens (including phenoxy) is 1. The van der Waals surface area contributed by atoms with Gasteiger partial charge in [-0.05, 0) is 44.2 Å². The van der Waals surface area contributed by atoms with E-state index in [1.54, 1.807) is 7.05 Å². The largest absolute Gasteiger partial charge is 0.378 e. The Bertz CT molecular complexity index is 759. The molecule has 0 aromatic heterocycles. The number of aliphatic imine (C=N–C) groups is 1. The van der Waals surface area contributed by atoms with Crippen molar-refractivity contribution in [2.75, 3.05) is 20.2 Å². The number of rotatable bonds is 11. The Labute approximate surface area is 182 Å².